The zero-order valence-corrected chi connectivity index (χ0v) is 24.4. The van der Waals surface area contributed by atoms with E-state index in [1.807, 2.05) is 68.4 Å². The Balaban J connectivity index is 1.66. The summed E-state index contributed by atoms with van der Waals surface area (Å²) < 4.78 is 11.6. The van der Waals surface area contributed by atoms with Gasteiger partial charge in [0.2, 0.25) is 0 Å². The predicted molar refractivity (Wildman–Crippen MR) is 162 cm³/mol. The first kappa shape index (κ1) is 28.5. The Hall–Kier alpha value is -4.07. The monoisotopic (exact) mass is 588 g/mol. The van der Waals surface area contributed by atoms with Crippen LogP contribution in [-0.4, -0.2) is 29.9 Å². The van der Waals surface area contributed by atoms with Crippen LogP contribution in [0, 0.1) is 0 Å². The Bertz CT molecular complexity index is 1540. The van der Waals surface area contributed by atoms with Crippen molar-refractivity contribution in [3.8, 4) is 11.5 Å². The summed E-state index contributed by atoms with van der Waals surface area (Å²) in [4.78, 5) is 23.7. The van der Waals surface area contributed by atoms with Crippen LogP contribution < -0.4 is 20.1 Å². The first-order chi connectivity index (χ1) is 19.8. The molecule has 4 aromatic rings. The average Bonchev–Trinajstić information content (AvgIpc) is 3.38. The summed E-state index contributed by atoms with van der Waals surface area (Å²) in [5.41, 5.74) is 1.81. The largest absolute Gasteiger partial charge is 0.497 e. The molecular formula is C32H30Cl2N4O3. The summed E-state index contributed by atoms with van der Waals surface area (Å²) in [6.45, 7) is 4.22. The van der Waals surface area contributed by atoms with Gasteiger partial charge in [-0.3, -0.25) is 14.8 Å². The number of carbonyl (C=O) groups is 1. The van der Waals surface area contributed by atoms with E-state index in [1.54, 1.807) is 43.8 Å². The minimum atomic E-state index is -1.32. The van der Waals surface area contributed by atoms with Gasteiger partial charge in [0.1, 0.15) is 23.4 Å². The standard InChI is InChI=1S/C32H30Cl2N4O3/c1-20(2)41-28-18-26(40-3)12-13-27(28)30-37-29(22-4-8-24(33)9-5-22)32(38-30,23-6-10-25(34)11-7-23)31(39)36-19-21-14-16-35-17-15-21/h4-18,20,29H,19H2,1-3H3,(H,36,39)(H,37,38). The molecule has 0 spiro atoms. The lowest BCUT2D eigenvalue weighted by molar-refractivity contribution is -0.128. The second-order valence-corrected chi connectivity index (χ2v) is 10.8. The lowest BCUT2D eigenvalue weighted by Gasteiger charge is -2.34. The molecule has 1 amide bonds. The number of nitrogens with one attached hydrogen (secondary N) is 2. The molecule has 1 aliphatic heterocycles. The van der Waals surface area contributed by atoms with Crippen molar-refractivity contribution in [2.24, 2.45) is 4.99 Å². The Kier molecular flexibility index (Phi) is 8.47. The van der Waals surface area contributed by atoms with Crippen LogP contribution in [0.15, 0.2) is 96.2 Å². The normalized spacial score (nSPS) is 18.0. The average molecular weight is 590 g/mol. The van der Waals surface area contributed by atoms with Crippen molar-refractivity contribution < 1.29 is 14.3 Å². The number of pyridine rings is 1. The summed E-state index contributed by atoms with van der Waals surface area (Å²) in [5, 5.41) is 7.82. The van der Waals surface area contributed by atoms with Crippen LogP contribution in [0.25, 0.3) is 0 Å². The molecule has 7 nitrogen and oxygen atoms in total. The van der Waals surface area contributed by atoms with Crippen molar-refractivity contribution in [1.29, 1.82) is 0 Å². The number of benzene rings is 3. The molecule has 0 radical (unpaired) electrons. The van der Waals surface area contributed by atoms with Gasteiger partial charge in [0.05, 0.1) is 18.8 Å². The van der Waals surface area contributed by atoms with Crippen molar-refractivity contribution in [1.82, 2.24) is 15.6 Å². The minimum Gasteiger partial charge on any atom is -0.497 e. The zero-order valence-electron chi connectivity index (χ0n) is 22.9. The Morgan fingerprint density at radius 3 is 2.27 bits per heavy atom. The van der Waals surface area contributed by atoms with Crippen molar-refractivity contribution in [3.63, 3.8) is 0 Å². The Morgan fingerprint density at radius 2 is 1.63 bits per heavy atom. The molecule has 0 saturated carbocycles. The van der Waals surface area contributed by atoms with Crippen molar-refractivity contribution >= 4 is 34.9 Å². The molecule has 2 N–H and O–H groups in total. The molecule has 0 bridgehead atoms. The molecule has 2 atom stereocenters. The first-order valence-electron chi connectivity index (χ1n) is 13.2. The van der Waals surface area contributed by atoms with Crippen LogP contribution >= 0.6 is 23.2 Å². The minimum absolute atomic E-state index is 0.0976. The van der Waals surface area contributed by atoms with Gasteiger partial charge in [-0.2, -0.15) is 0 Å². The fourth-order valence-corrected chi connectivity index (χ4v) is 5.13. The van der Waals surface area contributed by atoms with Crippen LogP contribution in [0.1, 0.15) is 42.1 Å². The molecule has 2 unspecified atom stereocenters. The molecular weight excluding hydrogens is 559 g/mol. The van der Waals surface area contributed by atoms with Crippen LogP contribution in [-0.2, 0) is 16.9 Å². The highest BCUT2D eigenvalue weighted by atomic mass is 35.5. The van der Waals surface area contributed by atoms with Crippen molar-refractivity contribution in [3.05, 3.63) is 124 Å². The molecule has 3 aromatic carbocycles. The SMILES string of the molecule is COc1ccc(C2=NC(c3ccc(Cl)cc3)C(C(=O)NCc3ccncc3)(c3ccc(Cl)cc3)N2)c(OC(C)C)c1. The third-order valence-corrected chi connectivity index (χ3v) is 7.34. The molecule has 0 aliphatic carbocycles. The van der Waals surface area contributed by atoms with Crippen LogP contribution in [0.5, 0.6) is 11.5 Å². The van der Waals surface area contributed by atoms with Gasteiger partial charge in [-0.25, -0.2) is 0 Å². The predicted octanol–water partition coefficient (Wildman–Crippen LogP) is 6.49. The number of aromatic nitrogens is 1. The molecule has 210 valence electrons. The van der Waals surface area contributed by atoms with E-state index in [0.717, 1.165) is 11.1 Å². The molecule has 0 saturated heterocycles. The molecule has 0 fully saturated rings. The molecule has 9 heteroatoms. The topological polar surface area (TPSA) is 84.8 Å². The van der Waals surface area contributed by atoms with Crippen LogP contribution in [0.2, 0.25) is 10.0 Å². The number of aliphatic imine (C=N–C) groups is 1. The van der Waals surface area contributed by atoms with Gasteiger partial charge >= 0.3 is 0 Å². The first-order valence-corrected chi connectivity index (χ1v) is 14.0. The van der Waals surface area contributed by atoms with E-state index < -0.39 is 11.6 Å². The maximum atomic E-state index is 14.4. The molecule has 1 aliphatic rings. The number of rotatable bonds is 9. The number of halogens is 2. The second kappa shape index (κ2) is 12.2. The fourth-order valence-electron chi connectivity index (χ4n) is 4.87. The lowest BCUT2D eigenvalue weighted by Crippen LogP contribution is -2.55. The quantitative estimate of drug-likeness (QED) is 0.233. The highest BCUT2D eigenvalue weighted by molar-refractivity contribution is 6.30. The number of carbonyl (C=O) groups excluding carboxylic acids is 1. The smallest absolute Gasteiger partial charge is 0.253 e. The highest BCUT2D eigenvalue weighted by Gasteiger charge is 2.53. The van der Waals surface area contributed by atoms with E-state index >= 15 is 0 Å². The van der Waals surface area contributed by atoms with E-state index in [-0.39, 0.29) is 12.0 Å². The number of amides is 1. The highest BCUT2D eigenvalue weighted by Crippen LogP contribution is 2.44. The zero-order chi connectivity index (χ0) is 29.0. The molecule has 5 rings (SSSR count). The summed E-state index contributed by atoms with van der Waals surface area (Å²) in [5.74, 6) is 1.49. The maximum absolute atomic E-state index is 14.4. The number of hydrogen-bond donors (Lipinski definition) is 2. The van der Waals surface area contributed by atoms with E-state index in [2.05, 4.69) is 15.6 Å². The number of methoxy groups -OCH3 is 1. The summed E-state index contributed by atoms with van der Waals surface area (Å²) >= 11 is 12.5. The van der Waals surface area contributed by atoms with Crippen LogP contribution in [0.3, 0.4) is 0 Å². The number of ether oxygens (including phenoxy) is 2. The molecule has 2 heterocycles. The number of amidine groups is 1. The lowest BCUT2D eigenvalue weighted by atomic mass is 9.79. The number of nitrogens with zero attached hydrogens (tertiary/aromatic N) is 2. The van der Waals surface area contributed by atoms with Gasteiger partial charge in [0, 0.05) is 35.1 Å². The van der Waals surface area contributed by atoms with Gasteiger partial charge in [0.25, 0.3) is 5.91 Å². The van der Waals surface area contributed by atoms with Crippen molar-refractivity contribution in [2.75, 3.05) is 7.11 Å². The fraction of sp³-hybridized carbons (Fsp3) is 0.219. The van der Waals surface area contributed by atoms with E-state index in [4.69, 9.17) is 37.7 Å². The Labute approximate surface area is 249 Å². The van der Waals surface area contributed by atoms with Gasteiger partial charge in [-0.15, -0.1) is 0 Å². The summed E-state index contributed by atoms with van der Waals surface area (Å²) in [7, 11) is 1.61. The van der Waals surface area contributed by atoms with Gasteiger partial charge in [-0.05, 0) is 79.1 Å². The van der Waals surface area contributed by atoms with E-state index in [1.165, 1.54) is 0 Å². The summed E-state index contributed by atoms with van der Waals surface area (Å²) in [6, 6.07) is 23.2. The third-order valence-electron chi connectivity index (χ3n) is 6.84. The summed E-state index contributed by atoms with van der Waals surface area (Å²) in [6.07, 6.45) is 3.30. The van der Waals surface area contributed by atoms with Gasteiger partial charge in [0.15, 0.2) is 5.54 Å². The van der Waals surface area contributed by atoms with Gasteiger partial charge in [-0.1, -0.05) is 47.5 Å². The molecule has 1 aromatic heterocycles. The number of hydrogen-bond acceptors (Lipinski definition) is 6. The second-order valence-electron chi connectivity index (χ2n) is 9.94. The van der Waals surface area contributed by atoms with E-state index in [0.29, 0.717) is 45.1 Å². The van der Waals surface area contributed by atoms with E-state index in [9.17, 15) is 4.79 Å². The Morgan fingerprint density at radius 1 is 0.976 bits per heavy atom. The van der Waals surface area contributed by atoms with Gasteiger partial charge < -0.3 is 20.1 Å². The molecule has 41 heavy (non-hydrogen) atoms. The van der Waals surface area contributed by atoms with Crippen molar-refractivity contribution in [2.45, 2.75) is 38.1 Å². The maximum Gasteiger partial charge on any atom is 0.253 e. The third kappa shape index (κ3) is 6.01. The van der Waals surface area contributed by atoms with Crippen LogP contribution in [0.4, 0.5) is 0 Å².